The molecule has 0 aliphatic carbocycles. The van der Waals surface area contributed by atoms with E-state index in [2.05, 4.69) is 44.9 Å². The maximum Gasteiger partial charge on any atom is 0.100 e. The molecule has 120 valence electrons. The second-order valence-electron chi connectivity index (χ2n) is 5.63. The van der Waals surface area contributed by atoms with E-state index < -0.39 is 0 Å². The Morgan fingerprint density at radius 3 is 2.08 bits per heavy atom. The first-order chi connectivity index (χ1) is 12.4. The second kappa shape index (κ2) is 6.97. The molecule has 5 aromatic rings. The van der Waals surface area contributed by atoms with Crippen LogP contribution in [0.25, 0.3) is 27.6 Å². The molecule has 2 heterocycles. The molecule has 0 N–H and O–H groups in total. The van der Waals surface area contributed by atoms with Crippen LogP contribution in [-0.2, 0) is 0 Å². The first-order valence-electron chi connectivity index (χ1n) is 8.19. The van der Waals surface area contributed by atoms with Gasteiger partial charge in [0.1, 0.15) is 6.33 Å². The highest BCUT2D eigenvalue weighted by Gasteiger charge is 2.01. The molecule has 0 bridgehead atoms. The molecule has 0 saturated carbocycles. The lowest BCUT2D eigenvalue weighted by molar-refractivity contribution is 1.09. The third kappa shape index (κ3) is 3.26. The van der Waals surface area contributed by atoms with Crippen molar-refractivity contribution in [1.29, 1.82) is 0 Å². The van der Waals surface area contributed by atoms with Gasteiger partial charge < -0.3 is 0 Å². The van der Waals surface area contributed by atoms with Gasteiger partial charge in [-0.25, -0.2) is 4.98 Å². The largest absolute Gasteiger partial charge is 0.299 e. The molecule has 0 aliphatic rings. The Labute approximate surface area is 146 Å². The van der Waals surface area contributed by atoms with Crippen LogP contribution in [0.5, 0.6) is 0 Å². The van der Waals surface area contributed by atoms with Crippen LogP contribution in [0.4, 0.5) is 0 Å². The molecular weight excluding hydrogens is 306 g/mol. The Hall–Kier alpha value is -3.46. The molecule has 3 nitrogen and oxygen atoms in total. The zero-order valence-electron chi connectivity index (χ0n) is 13.7. The zero-order valence-corrected chi connectivity index (χ0v) is 13.7. The highest BCUT2D eigenvalue weighted by molar-refractivity contribution is 5.78. The van der Waals surface area contributed by atoms with Crippen LogP contribution in [0.2, 0.25) is 0 Å². The van der Waals surface area contributed by atoms with Crippen molar-refractivity contribution in [3.8, 4) is 5.69 Å². The summed E-state index contributed by atoms with van der Waals surface area (Å²) in [6.07, 6.45) is 3.67. The van der Waals surface area contributed by atoms with Gasteiger partial charge in [0, 0.05) is 17.3 Å². The summed E-state index contributed by atoms with van der Waals surface area (Å²) in [6, 6.07) is 30.5. The van der Waals surface area contributed by atoms with Gasteiger partial charge in [0.25, 0.3) is 0 Å². The zero-order chi connectivity index (χ0) is 16.9. The number of pyridine rings is 1. The van der Waals surface area contributed by atoms with Gasteiger partial charge in [0.05, 0.1) is 16.6 Å². The minimum Gasteiger partial charge on any atom is -0.299 e. The van der Waals surface area contributed by atoms with Crippen molar-refractivity contribution >= 4 is 21.9 Å². The Bertz CT molecular complexity index is 1030. The quantitative estimate of drug-likeness (QED) is 0.421. The molecule has 0 aliphatic heterocycles. The fourth-order valence-electron chi connectivity index (χ4n) is 2.77. The van der Waals surface area contributed by atoms with Gasteiger partial charge in [-0.1, -0.05) is 54.6 Å². The lowest BCUT2D eigenvalue weighted by Gasteiger charge is -2.02. The number of rotatable bonds is 1. The number of nitrogens with zero attached hydrogens (tertiary/aromatic N) is 3. The maximum atomic E-state index is 4.36. The smallest absolute Gasteiger partial charge is 0.100 e. The molecule has 0 amide bonds. The molecule has 0 fully saturated rings. The molecule has 3 heteroatoms. The summed E-state index contributed by atoms with van der Waals surface area (Å²) in [6.45, 7) is 0. The molecule has 0 atom stereocenters. The Morgan fingerprint density at radius 1 is 0.560 bits per heavy atom. The summed E-state index contributed by atoms with van der Waals surface area (Å²) < 4.78 is 2.09. The third-order valence-corrected chi connectivity index (χ3v) is 4.00. The highest BCUT2D eigenvalue weighted by Crippen LogP contribution is 2.17. The second-order valence-corrected chi connectivity index (χ2v) is 5.63. The number of para-hydroxylation sites is 4. The van der Waals surface area contributed by atoms with Crippen LogP contribution in [0.15, 0.2) is 104 Å². The molecule has 3 aromatic carbocycles. The fourth-order valence-corrected chi connectivity index (χ4v) is 2.77. The van der Waals surface area contributed by atoms with Gasteiger partial charge in [-0.15, -0.1) is 0 Å². The molecule has 0 spiro atoms. The lowest BCUT2D eigenvalue weighted by Crippen LogP contribution is -1.90. The van der Waals surface area contributed by atoms with Gasteiger partial charge in [-0.05, 0) is 36.4 Å². The topological polar surface area (TPSA) is 30.7 Å². The van der Waals surface area contributed by atoms with Crippen LogP contribution in [0.3, 0.4) is 0 Å². The molecule has 2 aromatic heterocycles. The minimum absolute atomic E-state index is 1.03. The van der Waals surface area contributed by atoms with Gasteiger partial charge in [0.2, 0.25) is 0 Å². The number of hydrogen-bond acceptors (Lipinski definition) is 2. The molecular formula is C22H17N3. The standard InChI is InChI=1S/C13H10N2.C9H7N/c1-2-6-11(7-3-1)15-10-14-12-8-4-5-9-13(12)15;1-2-6-9-8(4-1)5-3-7-10-9/h1-10H;1-7H. The van der Waals surface area contributed by atoms with Crippen LogP contribution >= 0.6 is 0 Å². The van der Waals surface area contributed by atoms with Crippen LogP contribution < -0.4 is 0 Å². The molecule has 0 unspecified atom stereocenters. The van der Waals surface area contributed by atoms with Crippen molar-refractivity contribution < 1.29 is 0 Å². The fraction of sp³-hybridized carbons (Fsp3) is 0. The average molecular weight is 323 g/mol. The summed E-state index contributed by atoms with van der Waals surface area (Å²) in [5.41, 5.74) is 4.38. The SMILES string of the molecule is c1ccc(-n2cnc3ccccc32)cc1.c1ccc2ncccc2c1. The molecule has 0 radical (unpaired) electrons. The van der Waals surface area contributed by atoms with E-state index in [0.717, 1.165) is 22.2 Å². The van der Waals surface area contributed by atoms with E-state index in [1.54, 1.807) is 0 Å². The predicted molar refractivity (Wildman–Crippen MR) is 103 cm³/mol. The van der Waals surface area contributed by atoms with Crippen molar-refractivity contribution in [2.24, 2.45) is 0 Å². The lowest BCUT2D eigenvalue weighted by atomic mass is 10.2. The van der Waals surface area contributed by atoms with Gasteiger partial charge in [-0.2, -0.15) is 0 Å². The number of benzene rings is 3. The predicted octanol–water partition coefficient (Wildman–Crippen LogP) is 5.26. The number of hydrogen-bond donors (Lipinski definition) is 0. The van der Waals surface area contributed by atoms with Crippen molar-refractivity contribution in [2.75, 3.05) is 0 Å². The summed E-state index contributed by atoms with van der Waals surface area (Å²) in [7, 11) is 0. The van der Waals surface area contributed by atoms with Gasteiger partial charge in [-0.3, -0.25) is 9.55 Å². The summed E-state index contributed by atoms with van der Waals surface area (Å²) in [5, 5.41) is 1.20. The highest BCUT2D eigenvalue weighted by atomic mass is 15.0. The number of fused-ring (bicyclic) bond motifs is 2. The van der Waals surface area contributed by atoms with Crippen molar-refractivity contribution in [3.63, 3.8) is 0 Å². The molecule has 5 rings (SSSR count). The van der Waals surface area contributed by atoms with Crippen molar-refractivity contribution in [2.45, 2.75) is 0 Å². The summed E-state index contributed by atoms with van der Waals surface area (Å²) in [5.74, 6) is 0. The Balaban J connectivity index is 0.000000136. The third-order valence-electron chi connectivity index (χ3n) is 4.00. The minimum atomic E-state index is 1.03. The van der Waals surface area contributed by atoms with Crippen molar-refractivity contribution in [1.82, 2.24) is 14.5 Å². The van der Waals surface area contributed by atoms with E-state index in [4.69, 9.17) is 0 Å². The Morgan fingerprint density at radius 2 is 1.24 bits per heavy atom. The van der Waals surface area contributed by atoms with E-state index in [1.807, 2.05) is 73.2 Å². The summed E-state index contributed by atoms with van der Waals surface area (Å²) in [4.78, 5) is 8.54. The van der Waals surface area contributed by atoms with E-state index in [9.17, 15) is 0 Å². The van der Waals surface area contributed by atoms with E-state index in [0.29, 0.717) is 0 Å². The first kappa shape index (κ1) is 15.1. The first-order valence-corrected chi connectivity index (χ1v) is 8.19. The monoisotopic (exact) mass is 323 g/mol. The molecule has 25 heavy (non-hydrogen) atoms. The normalized spacial score (nSPS) is 10.4. The van der Waals surface area contributed by atoms with Gasteiger partial charge in [0.15, 0.2) is 0 Å². The van der Waals surface area contributed by atoms with Crippen LogP contribution in [0, 0.1) is 0 Å². The van der Waals surface area contributed by atoms with Gasteiger partial charge >= 0.3 is 0 Å². The number of aromatic nitrogens is 3. The average Bonchev–Trinajstić information content (AvgIpc) is 3.13. The van der Waals surface area contributed by atoms with Crippen LogP contribution in [0.1, 0.15) is 0 Å². The van der Waals surface area contributed by atoms with Crippen LogP contribution in [-0.4, -0.2) is 14.5 Å². The van der Waals surface area contributed by atoms with E-state index >= 15 is 0 Å². The van der Waals surface area contributed by atoms with E-state index in [-0.39, 0.29) is 0 Å². The summed E-state index contributed by atoms with van der Waals surface area (Å²) >= 11 is 0. The molecule has 0 saturated heterocycles. The van der Waals surface area contributed by atoms with E-state index in [1.165, 1.54) is 5.39 Å². The van der Waals surface area contributed by atoms with Crippen molar-refractivity contribution in [3.05, 3.63) is 104 Å². The number of imidazole rings is 1. The maximum absolute atomic E-state index is 4.36. The Kier molecular flexibility index (Phi) is 4.21.